The molecule has 1 fully saturated rings. The Morgan fingerprint density at radius 1 is 1.64 bits per heavy atom. The summed E-state index contributed by atoms with van der Waals surface area (Å²) in [6.45, 7) is 1.55. The molecule has 1 aliphatic rings. The first kappa shape index (κ1) is 9.65. The summed E-state index contributed by atoms with van der Waals surface area (Å²) in [6, 6.07) is 1.93. The van der Waals surface area contributed by atoms with Crippen molar-refractivity contribution < 1.29 is 9.21 Å². The molecule has 1 amide bonds. The summed E-state index contributed by atoms with van der Waals surface area (Å²) in [7, 11) is 0. The zero-order chi connectivity index (χ0) is 9.97. The minimum absolute atomic E-state index is 0.215. The largest absolute Gasteiger partial charge is 0.472 e. The van der Waals surface area contributed by atoms with Crippen LogP contribution >= 0.6 is 12.6 Å². The minimum atomic E-state index is 0.215. The Labute approximate surface area is 88.5 Å². The average Bonchev–Trinajstić information content (AvgIpc) is 2.72. The van der Waals surface area contributed by atoms with E-state index in [0.717, 1.165) is 25.1 Å². The number of amides is 1. The molecule has 0 aliphatic carbocycles. The summed E-state index contributed by atoms with van der Waals surface area (Å²) >= 11 is 4.30. The van der Waals surface area contributed by atoms with Crippen molar-refractivity contribution in [2.24, 2.45) is 0 Å². The zero-order valence-corrected chi connectivity index (χ0v) is 8.74. The Bertz CT molecular complexity index is 310. The van der Waals surface area contributed by atoms with Crippen LogP contribution in [0.25, 0.3) is 0 Å². The second kappa shape index (κ2) is 4.09. The lowest BCUT2D eigenvalue weighted by Crippen LogP contribution is -2.27. The molecule has 1 aromatic rings. The van der Waals surface area contributed by atoms with Crippen molar-refractivity contribution in [2.75, 3.05) is 13.1 Å². The molecule has 0 saturated carbocycles. The van der Waals surface area contributed by atoms with E-state index in [0.29, 0.717) is 6.42 Å². The molecule has 0 aromatic carbocycles. The van der Waals surface area contributed by atoms with Crippen LogP contribution in [0.4, 0.5) is 0 Å². The highest BCUT2D eigenvalue weighted by Gasteiger charge is 2.26. The summed E-state index contributed by atoms with van der Waals surface area (Å²) in [4.78, 5) is 13.3. The second-order valence-electron chi connectivity index (χ2n) is 3.58. The highest BCUT2D eigenvalue weighted by Crippen LogP contribution is 2.16. The van der Waals surface area contributed by atoms with E-state index in [4.69, 9.17) is 4.42 Å². The number of hydrogen-bond donors (Lipinski definition) is 1. The van der Waals surface area contributed by atoms with Crippen LogP contribution in [-0.4, -0.2) is 29.1 Å². The van der Waals surface area contributed by atoms with Crippen molar-refractivity contribution in [1.29, 1.82) is 0 Å². The zero-order valence-electron chi connectivity index (χ0n) is 7.85. The Hall–Kier alpha value is -0.900. The molecule has 14 heavy (non-hydrogen) atoms. The van der Waals surface area contributed by atoms with Gasteiger partial charge in [-0.3, -0.25) is 4.79 Å². The molecule has 0 N–H and O–H groups in total. The van der Waals surface area contributed by atoms with Crippen LogP contribution < -0.4 is 0 Å². The molecular weight excluding hydrogens is 198 g/mol. The van der Waals surface area contributed by atoms with E-state index in [1.54, 1.807) is 12.5 Å². The third kappa shape index (κ3) is 2.12. The Morgan fingerprint density at radius 2 is 2.50 bits per heavy atom. The maximum atomic E-state index is 11.4. The van der Waals surface area contributed by atoms with Crippen molar-refractivity contribution >= 4 is 18.5 Å². The van der Waals surface area contributed by atoms with Crippen LogP contribution in [0.2, 0.25) is 0 Å². The first-order valence-corrected chi connectivity index (χ1v) is 5.24. The molecule has 0 bridgehead atoms. The van der Waals surface area contributed by atoms with Gasteiger partial charge in [-0.05, 0) is 18.1 Å². The summed E-state index contributed by atoms with van der Waals surface area (Å²) < 4.78 is 4.96. The number of nitrogens with zero attached hydrogens (tertiary/aromatic N) is 1. The number of hydrogen-bond acceptors (Lipinski definition) is 3. The Kier molecular flexibility index (Phi) is 2.82. The highest BCUT2D eigenvalue weighted by atomic mass is 32.1. The fourth-order valence-electron chi connectivity index (χ4n) is 1.67. The van der Waals surface area contributed by atoms with E-state index < -0.39 is 0 Å². The molecule has 2 heterocycles. The molecule has 1 atom stereocenters. The van der Waals surface area contributed by atoms with Gasteiger partial charge in [0.2, 0.25) is 5.91 Å². The van der Waals surface area contributed by atoms with Crippen LogP contribution in [0.3, 0.4) is 0 Å². The number of thiol groups is 1. The lowest BCUT2D eigenvalue weighted by Gasteiger charge is -2.14. The average molecular weight is 211 g/mol. The van der Waals surface area contributed by atoms with Gasteiger partial charge in [-0.25, -0.2) is 0 Å². The van der Waals surface area contributed by atoms with Crippen molar-refractivity contribution in [2.45, 2.75) is 18.1 Å². The maximum absolute atomic E-state index is 11.4. The van der Waals surface area contributed by atoms with Gasteiger partial charge in [-0.1, -0.05) is 0 Å². The van der Waals surface area contributed by atoms with Gasteiger partial charge in [0.1, 0.15) is 0 Å². The molecule has 4 heteroatoms. The van der Waals surface area contributed by atoms with Crippen molar-refractivity contribution in [3.8, 4) is 0 Å². The molecule has 1 saturated heterocycles. The highest BCUT2D eigenvalue weighted by molar-refractivity contribution is 7.81. The first-order valence-electron chi connectivity index (χ1n) is 4.72. The van der Waals surface area contributed by atoms with Crippen LogP contribution in [0.5, 0.6) is 0 Å². The van der Waals surface area contributed by atoms with Gasteiger partial charge in [0.25, 0.3) is 0 Å². The van der Waals surface area contributed by atoms with Crippen LogP contribution in [0, 0.1) is 0 Å². The second-order valence-corrected chi connectivity index (χ2v) is 4.31. The Balaban J connectivity index is 1.84. The third-order valence-electron chi connectivity index (χ3n) is 2.44. The van der Waals surface area contributed by atoms with Gasteiger partial charge in [0.05, 0.1) is 12.5 Å². The Morgan fingerprint density at radius 3 is 3.07 bits per heavy atom. The minimum Gasteiger partial charge on any atom is -0.472 e. The predicted octanol–water partition coefficient (Wildman–Crippen LogP) is 1.35. The molecular formula is C10H13NO2S. The van der Waals surface area contributed by atoms with Gasteiger partial charge in [-0.15, -0.1) is 0 Å². The van der Waals surface area contributed by atoms with E-state index in [-0.39, 0.29) is 11.2 Å². The van der Waals surface area contributed by atoms with E-state index in [1.165, 1.54) is 0 Å². The number of rotatable bonds is 3. The third-order valence-corrected chi connectivity index (χ3v) is 2.79. The molecule has 0 radical (unpaired) electrons. The SMILES string of the molecule is O=C1CC(S)CN1CCc1ccoc1. The monoisotopic (exact) mass is 211 g/mol. The quantitative estimate of drug-likeness (QED) is 0.766. The number of carbonyl (C=O) groups excluding carboxylic acids is 1. The van der Waals surface area contributed by atoms with Gasteiger partial charge in [0, 0.05) is 24.8 Å². The summed E-state index contributed by atoms with van der Waals surface area (Å²) in [5.41, 5.74) is 1.14. The predicted molar refractivity (Wildman–Crippen MR) is 56.4 cm³/mol. The molecule has 1 aromatic heterocycles. The fraction of sp³-hybridized carbons (Fsp3) is 0.500. The smallest absolute Gasteiger partial charge is 0.223 e. The van der Waals surface area contributed by atoms with Gasteiger partial charge in [0.15, 0.2) is 0 Å². The van der Waals surface area contributed by atoms with Crippen molar-refractivity contribution in [3.63, 3.8) is 0 Å². The van der Waals surface area contributed by atoms with Crippen molar-refractivity contribution in [3.05, 3.63) is 24.2 Å². The summed E-state index contributed by atoms with van der Waals surface area (Å²) in [5, 5.41) is 0.215. The van der Waals surface area contributed by atoms with E-state index in [2.05, 4.69) is 12.6 Å². The van der Waals surface area contributed by atoms with Gasteiger partial charge < -0.3 is 9.32 Å². The number of furan rings is 1. The van der Waals surface area contributed by atoms with Crippen LogP contribution in [0.15, 0.2) is 23.0 Å². The van der Waals surface area contributed by atoms with Crippen LogP contribution in [-0.2, 0) is 11.2 Å². The molecule has 76 valence electrons. The summed E-state index contributed by atoms with van der Waals surface area (Å²) in [6.07, 6.45) is 4.82. The molecule has 1 aliphatic heterocycles. The lowest BCUT2D eigenvalue weighted by atomic mass is 10.2. The molecule has 2 rings (SSSR count). The van der Waals surface area contributed by atoms with E-state index in [1.807, 2.05) is 11.0 Å². The standard InChI is InChI=1S/C10H13NO2S/c12-10-5-9(14)6-11(10)3-1-8-2-4-13-7-8/h2,4,7,9,14H,1,3,5-6H2. The van der Waals surface area contributed by atoms with E-state index in [9.17, 15) is 4.79 Å². The summed E-state index contributed by atoms with van der Waals surface area (Å²) in [5.74, 6) is 0.216. The van der Waals surface area contributed by atoms with Crippen LogP contribution in [0.1, 0.15) is 12.0 Å². The maximum Gasteiger partial charge on any atom is 0.223 e. The fourth-order valence-corrected chi connectivity index (χ4v) is 2.02. The van der Waals surface area contributed by atoms with Gasteiger partial charge >= 0.3 is 0 Å². The molecule has 3 nitrogen and oxygen atoms in total. The van der Waals surface area contributed by atoms with Gasteiger partial charge in [-0.2, -0.15) is 12.6 Å². The van der Waals surface area contributed by atoms with Crippen molar-refractivity contribution in [1.82, 2.24) is 4.90 Å². The normalized spacial score (nSPS) is 21.9. The topological polar surface area (TPSA) is 33.5 Å². The molecule has 0 spiro atoms. The molecule has 1 unspecified atom stereocenters. The van der Waals surface area contributed by atoms with E-state index >= 15 is 0 Å². The lowest BCUT2D eigenvalue weighted by molar-refractivity contribution is -0.127. The number of carbonyl (C=O) groups is 1. The number of likely N-dealkylation sites (tertiary alicyclic amines) is 1. The first-order chi connectivity index (χ1) is 6.75.